The fourth-order valence-electron chi connectivity index (χ4n) is 2.10. The topological polar surface area (TPSA) is 61.6 Å². The zero-order valence-corrected chi connectivity index (χ0v) is 13.4. The van der Waals surface area contributed by atoms with Crippen LogP contribution >= 0.6 is 28.6 Å². The van der Waals surface area contributed by atoms with Crippen LogP contribution < -0.4 is 4.74 Å². The highest BCUT2D eigenvalue weighted by molar-refractivity contribution is 9.10. The molecule has 2 rings (SSSR count). The molecule has 0 saturated carbocycles. The van der Waals surface area contributed by atoms with Gasteiger partial charge in [-0.05, 0) is 40.6 Å². The first-order valence-corrected chi connectivity index (χ1v) is 7.74. The Morgan fingerprint density at radius 1 is 1.45 bits per heavy atom. The van der Waals surface area contributed by atoms with Gasteiger partial charge in [0.25, 0.3) is 5.69 Å². The smallest absolute Gasteiger partial charge is 0.273 e. The summed E-state index contributed by atoms with van der Waals surface area (Å²) in [6.07, 6.45) is 1.78. The Labute approximate surface area is 131 Å². The number of nitrogens with zero attached hydrogens (tertiary/aromatic N) is 1. The van der Waals surface area contributed by atoms with Crippen LogP contribution in [-0.4, -0.2) is 30.5 Å². The van der Waals surface area contributed by atoms with Crippen molar-refractivity contribution < 1.29 is 14.4 Å². The van der Waals surface area contributed by atoms with Gasteiger partial charge >= 0.3 is 0 Å². The molecule has 0 unspecified atom stereocenters. The van der Waals surface area contributed by atoms with Gasteiger partial charge in [0, 0.05) is 24.7 Å². The number of thiol groups is 1. The number of nitro groups is 1. The largest absolute Gasteiger partial charge is 0.492 e. The normalized spacial score (nSPS) is 17.7. The van der Waals surface area contributed by atoms with Gasteiger partial charge in [0.15, 0.2) is 0 Å². The number of halogens is 1. The maximum Gasteiger partial charge on any atom is 0.273 e. The number of hydrogen-bond acceptors (Lipinski definition) is 5. The molecule has 0 aliphatic carbocycles. The van der Waals surface area contributed by atoms with Crippen LogP contribution in [-0.2, 0) is 4.74 Å². The summed E-state index contributed by atoms with van der Waals surface area (Å²) in [5.41, 5.74) is 0.000843. The highest BCUT2D eigenvalue weighted by atomic mass is 79.9. The van der Waals surface area contributed by atoms with E-state index in [0.29, 0.717) is 35.8 Å². The van der Waals surface area contributed by atoms with Gasteiger partial charge in [-0.1, -0.05) is 0 Å². The molecule has 1 aromatic carbocycles. The van der Waals surface area contributed by atoms with Gasteiger partial charge in [-0.2, -0.15) is 12.6 Å². The molecule has 7 heteroatoms. The third-order valence-electron chi connectivity index (χ3n) is 3.55. The number of non-ortho nitro benzene ring substituents is 1. The summed E-state index contributed by atoms with van der Waals surface area (Å²) >= 11 is 7.77. The lowest BCUT2D eigenvalue weighted by Gasteiger charge is -2.35. The zero-order chi connectivity index (χ0) is 14.6. The lowest BCUT2D eigenvalue weighted by molar-refractivity contribution is -0.385. The number of nitro benzene ring substituents is 1. The van der Waals surface area contributed by atoms with Crippen LogP contribution in [0.15, 0.2) is 22.7 Å². The van der Waals surface area contributed by atoms with E-state index in [-0.39, 0.29) is 11.1 Å². The molecule has 1 saturated heterocycles. The SMILES string of the molecule is O=[N+]([O-])c1ccc(Br)c(OCC2(CS)CCOCC2)c1. The van der Waals surface area contributed by atoms with E-state index >= 15 is 0 Å². The first-order valence-electron chi connectivity index (χ1n) is 6.32. The summed E-state index contributed by atoms with van der Waals surface area (Å²) < 4.78 is 11.9. The second-order valence-corrected chi connectivity index (χ2v) is 6.10. The Morgan fingerprint density at radius 2 is 2.15 bits per heavy atom. The lowest BCUT2D eigenvalue weighted by Crippen LogP contribution is -2.36. The molecule has 0 amide bonds. The van der Waals surface area contributed by atoms with Crippen LogP contribution in [0.4, 0.5) is 5.69 Å². The standard InChI is InChI=1S/C13H16BrNO4S/c14-11-2-1-10(15(16)17)7-12(11)19-8-13(9-20)3-5-18-6-4-13/h1-2,7,20H,3-6,8-9H2. The van der Waals surface area contributed by atoms with Gasteiger partial charge in [-0.15, -0.1) is 0 Å². The fraction of sp³-hybridized carbons (Fsp3) is 0.538. The second-order valence-electron chi connectivity index (χ2n) is 4.93. The Kier molecular flexibility index (Phi) is 5.29. The van der Waals surface area contributed by atoms with E-state index in [1.807, 2.05) is 0 Å². The van der Waals surface area contributed by atoms with Crippen molar-refractivity contribution in [2.45, 2.75) is 12.8 Å². The van der Waals surface area contributed by atoms with Gasteiger partial charge in [0.05, 0.1) is 22.1 Å². The highest BCUT2D eigenvalue weighted by Crippen LogP contribution is 2.35. The van der Waals surface area contributed by atoms with E-state index in [0.717, 1.165) is 12.8 Å². The highest BCUT2D eigenvalue weighted by Gasteiger charge is 2.32. The molecule has 0 bridgehead atoms. The molecular weight excluding hydrogens is 346 g/mol. The minimum absolute atomic E-state index is 0.0224. The molecule has 0 aromatic heterocycles. The maximum absolute atomic E-state index is 10.8. The summed E-state index contributed by atoms with van der Waals surface area (Å²) in [5.74, 6) is 1.20. The van der Waals surface area contributed by atoms with Crippen molar-refractivity contribution in [2.24, 2.45) is 5.41 Å². The molecule has 1 aliphatic rings. The number of hydrogen-bond donors (Lipinski definition) is 1. The van der Waals surface area contributed by atoms with Crippen molar-refractivity contribution >= 4 is 34.2 Å². The van der Waals surface area contributed by atoms with Crippen molar-refractivity contribution in [3.05, 3.63) is 32.8 Å². The van der Waals surface area contributed by atoms with Crippen LogP contribution in [0.3, 0.4) is 0 Å². The molecule has 1 aromatic rings. The van der Waals surface area contributed by atoms with Crippen LogP contribution in [0.1, 0.15) is 12.8 Å². The third-order valence-corrected chi connectivity index (χ3v) is 4.87. The molecule has 1 aliphatic heterocycles. The number of benzene rings is 1. The van der Waals surface area contributed by atoms with Crippen LogP contribution in [0.2, 0.25) is 0 Å². The average Bonchev–Trinajstić information content (AvgIpc) is 2.47. The Bertz CT molecular complexity index is 491. The monoisotopic (exact) mass is 361 g/mol. The second kappa shape index (κ2) is 6.78. The van der Waals surface area contributed by atoms with Crippen molar-refractivity contribution in [1.82, 2.24) is 0 Å². The van der Waals surface area contributed by atoms with Gasteiger partial charge in [-0.3, -0.25) is 10.1 Å². The van der Waals surface area contributed by atoms with E-state index in [9.17, 15) is 10.1 Å². The van der Waals surface area contributed by atoms with Crippen LogP contribution in [0.5, 0.6) is 5.75 Å². The van der Waals surface area contributed by atoms with E-state index in [1.54, 1.807) is 6.07 Å². The molecule has 110 valence electrons. The molecule has 0 atom stereocenters. The van der Waals surface area contributed by atoms with Gasteiger partial charge < -0.3 is 9.47 Å². The third kappa shape index (κ3) is 3.65. The fourth-order valence-corrected chi connectivity index (χ4v) is 2.87. The zero-order valence-electron chi connectivity index (χ0n) is 10.9. The Balaban J connectivity index is 2.09. The van der Waals surface area contributed by atoms with Crippen LogP contribution in [0, 0.1) is 15.5 Å². The molecule has 1 heterocycles. The first-order chi connectivity index (χ1) is 9.56. The lowest BCUT2D eigenvalue weighted by atomic mass is 9.83. The van der Waals surface area contributed by atoms with E-state index in [4.69, 9.17) is 9.47 Å². The molecule has 5 nitrogen and oxygen atoms in total. The van der Waals surface area contributed by atoms with Gasteiger partial charge in [-0.25, -0.2) is 0 Å². The summed E-state index contributed by atoms with van der Waals surface area (Å²) in [6.45, 7) is 1.90. The summed E-state index contributed by atoms with van der Waals surface area (Å²) in [5, 5.41) is 10.8. The van der Waals surface area contributed by atoms with E-state index in [1.165, 1.54) is 12.1 Å². The average molecular weight is 362 g/mol. The predicted octanol–water partition coefficient (Wildman–Crippen LogP) is 3.46. The van der Waals surface area contributed by atoms with Crippen molar-refractivity contribution in [1.29, 1.82) is 0 Å². The molecule has 0 N–H and O–H groups in total. The van der Waals surface area contributed by atoms with Crippen LogP contribution in [0.25, 0.3) is 0 Å². The minimum Gasteiger partial charge on any atom is -0.492 e. The molecule has 0 spiro atoms. The molecule has 20 heavy (non-hydrogen) atoms. The van der Waals surface area contributed by atoms with Crippen molar-refractivity contribution in [3.8, 4) is 5.75 Å². The number of rotatable bonds is 5. The Morgan fingerprint density at radius 3 is 2.75 bits per heavy atom. The minimum atomic E-state index is -0.428. The van der Waals surface area contributed by atoms with Crippen molar-refractivity contribution in [2.75, 3.05) is 25.6 Å². The number of ether oxygens (including phenoxy) is 2. The van der Waals surface area contributed by atoms with Gasteiger partial charge in [0.1, 0.15) is 5.75 Å². The molecule has 0 radical (unpaired) electrons. The summed E-state index contributed by atoms with van der Waals surface area (Å²) in [6, 6.07) is 4.51. The predicted molar refractivity (Wildman–Crippen MR) is 82.6 cm³/mol. The summed E-state index contributed by atoms with van der Waals surface area (Å²) in [4.78, 5) is 10.4. The van der Waals surface area contributed by atoms with E-state index in [2.05, 4.69) is 28.6 Å². The molecule has 1 fully saturated rings. The maximum atomic E-state index is 10.8. The first kappa shape index (κ1) is 15.6. The van der Waals surface area contributed by atoms with Gasteiger partial charge in [0.2, 0.25) is 0 Å². The van der Waals surface area contributed by atoms with E-state index < -0.39 is 4.92 Å². The Hall–Kier alpha value is -0.790. The summed E-state index contributed by atoms with van der Waals surface area (Å²) in [7, 11) is 0. The van der Waals surface area contributed by atoms with Crippen molar-refractivity contribution in [3.63, 3.8) is 0 Å². The molecular formula is C13H16BrNO4S. The quantitative estimate of drug-likeness (QED) is 0.495.